The Morgan fingerprint density at radius 1 is 1.18 bits per heavy atom. The van der Waals surface area contributed by atoms with Gasteiger partial charge >= 0.3 is 0 Å². The van der Waals surface area contributed by atoms with Crippen molar-refractivity contribution in [1.82, 2.24) is 0 Å². The number of carbonyl (C=O) groups is 1. The third-order valence-corrected chi connectivity index (χ3v) is 3.52. The first-order valence-corrected chi connectivity index (χ1v) is 7.10. The Morgan fingerprint density at radius 2 is 1.95 bits per heavy atom. The normalized spacial score (nSPS) is 13.5. The average molecular weight is 315 g/mol. The van der Waals surface area contributed by atoms with Crippen molar-refractivity contribution in [1.29, 1.82) is 0 Å². The van der Waals surface area contributed by atoms with E-state index in [9.17, 15) is 9.18 Å². The van der Waals surface area contributed by atoms with Crippen LogP contribution in [0.5, 0.6) is 5.75 Å². The molecule has 1 aliphatic rings. The molecule has 0 bridgehead atoms. The summed E-state index contributed by atoms with van der Waals surface area (Å²) in [4.78, 5) is 12.0. The van der Waals surface area contributed by atoms with Crippen LogP contribution in [0.4, 0.5) is 4.39 Å². The molecule has 0 N–H and O–H groups in total. The van der Waals surface area contributed by atoms with Gasteiger partial charge in [0.1, 0.15) is 18.2 Å². The van der Waals surface area contributed by atoms with Gasteiger partial charge in [0, 0.05) is 16.1 Å². The minimum absolute atomic E-state index is 0.183. The van der Waals surface area contributed by atoms with E-state index in [4.69, 9.17) is 16.3 Å². The van der Waals surface area contributed by atoms with Gasteiger partial charge in [-0.2, -0.15) is 0 Å². The number of benzene rings is 2. The summed E-state index contributed by atoms with van der Waals surface area (Å²) in [7, 11) is 0. The van der Waals surface area contributed by atoms with Crippen LogP contribution in [-0.4, -0.2) is 12.4 Å². The Bertz CT molecular complexity index is 776. The molecule has 110 valence electrons. The van der Waals surface area contributed by atoms with Crippen LogP contribution >= 0.6 is 11.6 Å². The van der Waals surface area contributed by atoms with Crippen LogP contribution in [0.1, 0.15) is 15.9 Å². The second-order valence-corrected chi connectivity index (χ2v) is 5.33. The summed E-state index contributed by atoms with van der Waals surface area (Å²) in [5, 5.41) is 0.631. The molecule has 0 aliphatic carbocycles. The predicted molar refractivity (Wildman–Crippen MR) is 84.8 cm³/mol. The summed E-state index contributed by atoms with van der Waals surface area (Å²) in [6.07, 6.45) is 5.09. The lowest BCUT2D eigenvalue weighted by molar-refractivity contribution is 0.104. The summed E-state index contributed by atoms with van der Waals surface area (Å²) < 4.78 is 18.4. The molecule has 22 heavy (non-hydrogen) atoms. The lowest BCUT2D eigenvalue weighted by atomic mass is 10.1. The maximum absolute atomic E-state index is 12.8. The number of hydrogen-bond acceptors (Lipinski definition) is 2. The van der Waals surface area contributed by atoms with Gasteiger partial charge in [-0.1, -0.05) is 17.7 Å². The molecule has 3 rings (SSSR count). The van der Waals surface area contributed by atoms with Crippen LogP contribution in [0.3, 0.4) is 0 Å². The van der Waals surface area contributed by atoms with Gasteiger partial charge in [0.15, 0.2) is 5.78 Å². The van der Waals surface area contributed by atoms with Gasteiger partial charge in [0.2, 0.25) is 0 Å². The summed E-state index contributed by atoms with van der Waals surface area (Å²) in [5.74, 6) is 0.224. The van der Waals surface area contributed by atoms with Crippen molar-refractivity contribution < 1.29 is 13.9 Å². The topological polar surface area (TPSA) is 26.3 Å². The molecule has 0 aromatic heterocycles. The Morgan fingerprint density at radius 3 is 2.73 bits per heavy atom. The van der Waals surface area contributed by atoms with Crippen LogP contribution in [0.15, 0.2) is 60.2 Å². The minimum atomic E-state index is -0.364. The van der Waals surface area contributed by atoms with Crippen molar-refractivity contribution in [3.05, 3.63) is 82.2 Å². The van der Waals surface area contributed by atoms with Crippen molar-refractivity contribution in [2.45, 2.75) is 0 Å². The van der Waals surface area contributed by atoms with Gasteiger partial charge in [-0.05, 0) is 60.2 Å². The molecule has 0 radical (unpaired) electrons. The van der Waals surface area contributed by atoms with E-state index < -0.39 is 0 Å². The van der Waals surface area contributed by atoms with Crippen molar-refractivity contribution in [2.24, 2.45) is 0 Å². The molecule has 0 fully saturated rings. The first-order valence-electron chi connectivity index (χ1n) is 6.73. The summed E-state index contributed by atoms with van der Waals surface area (Å²) >= 11 is 5.96. The first-order chi connectivity index (χ1) is 10.6. The molecule has 4 heteroatoms. The maximum Gasteiger partial charge on any atom is 0.185 e. The SMILES string of the molecule is O=C(C=CC1=Cc2cc(Cl)ccc2OC1)c1ccc(F)cc1. The van der Waals surface area contributed by atoms with Crippen molar-refractivity contribution in [2.75, 3.05) is 6.61 Å². The second kappa shape index (κ2) is 6.16. The van der Waals surface area contributed by atoms with Crippen LogP contribution in [0.2, 0.25) is 5.02 Å². The van der Waals surface area contributed by atoms with E-state index in [1.165, 1.54) is 30.3 Å². The predicted octanol–water partition coefficient (Wildman–Crippen LogP) is 4.69. The van der Waals surface area contributed by atoms with E-state index >= 15 is 0 Å². The van der Waals surface area contributed by atoms with Crippen LogP contribution in [0.25, 0.3) is 6.08 Å². The van der Waals surface area contributed by atoms with Gasteiger partial charge < -0.3 is 4.74 Å². The van der Waals surface area contributed by atoms with E-state index in [0.29, 0.717) is 17.2 Å². The Balaban J connectivity index is 1.78. The first kappa shape index (κ1) is 14.5. The third kappa shape index (κ3) is 3.26. The van der Waals surface area contributed by atoms with E-state index in [2.05, 4.69) is 0 Å². The highest BCUT2D eigenvalue weighted by Gasteiger charge is 2.10. The zero-order chi connectivity index (χ0) is 15.5. The third-order valence-electron chi connectivity index (χ3n) is 3.28. The zero-order valence-electron chi connectivity index (χ0n) is 11.6. The van der Waals surface area contributed by atoms with E-state index in [1.54, 1.807) is 12.1 Å². The largest absolute Gasteiger partial charge is 0.488 e. The zero-order valence-corrected chi connectivity index (χ0v) is 12.3. The van der Waals surface area contributed by atoms with Crippen molar-refractivity contribution in [3.8, 4) is 5.75 Å². The number of rotatable bonds is 3. The summed E-state index contributed by atoms with van der Waals surface area (Å²) in [5.41, 5.74) is 2.19. The summed E-state index contributed by atoms with van der Waals surface area (Å²) in [6.45, 7) is 0.391. The Kier molecular flexibility index (Phi) is 4.07. The van der Waals surface area contributed by atoms with Crippen LogP contribution in [-0.2, 0) is 0 Å². The molecule has 2 aromatic rings. The van der Waals surface area contributed by atoms with E-state index in [1.807, 2.05) is 18.2 Å². The van der Waals surface area contributed by atoms with Gasteiger partial charge in [0.05, 0.1) is 0 Å². The maximum atomic E-state index is 12.8. The minimum Gasteiger partial charge on any atom is -0.488 e. The lowest BCUT2D eigenvalue weighted by Gasteiger charge is -2.16. The molecule has 0 atom stereocenters. The van der Waals surface area contributed by atoms with Crippen molar-refractivity contribution >= 4 is 23.5 Å². The lowest BCUT2D eigenvalue weighted by Crippen LogP contribution is -2.06. The fourth-order valence-electron chi connectivity index (χ4n) is 2.16. The van der Waals surface area contributed by atoms with Crippen molar-refractivity contribution in [3.63, 3.8) is 0 Å². The molecule has 0 unspecified atom stereocenters. The highest BCUT2D eigenvalue weighted by atomic mass is 35.5. The Labute approximate surface area is 132 Å². The fraction of sp³-hybridized carbons (Fsp3) is 0.0556. The number of allylic oxidation sites excluding steroid dienone is 1. The van der Waals surface area contributed by atoms with Crippen LogP contribution in [0, 0.1) is 5.82 Å². The molecular formula is C18H12ClFO2. The number of hydrogen-bond donors (Lipinski definition) is 0. The molecule has 0 amide bonds. The number of ketones is 1. The molecular weight excluding hydrogens is 303 g/mol. The van der Waals surface area contributed by atoms with E-state index in [-0.39, 0.29) is 11.6 Å². The highest BCUT2D eigenvalue weighted by molar-refractivity contribution is 6.30. The van der Waals surface area contributed by atoms with E-state index in [0.717, 1.165) is 16.9 Å². The molecule has 2 nitrogen and oxygen atoms in total. The molecule has 1 heterocycles. The monoisotopic (exact) mass is 314 g/mol. The smallest absolute Gasteiger partial charge is 0.185 e. The Hall–Kier alpha value is -2.39. The quantitative estimate of drug-likeness (QED) is 0.606. The molecule has 1 aliphatic heterocycles. The van der Waals surface area contributed by atoms with Gasteiger partial charge in [-0.25, -0.2) is 4.39 Å². The number of carbonyl (C=O) groups excluding carboxylic acids is 1. The van der Waals surface area contributed by atoms with Gasteiger partial charge in [0.25, 0.3) is 0 Å². The second-order valence-electron chi connectivity index (χ2n) is 4.89. The number of halogens is 2. The summed E-state index contributed by atoms with van der Waals surface area (Å²) in [6, 6.07) is 10.9. The molecule has 0 saturated heterocycles. The fourth-order valence-corrected chi connectivity index (χ4v) is 2.34. The van der Waals surface area contributed by atoms with Crippen LogP contribution < -0.4 is 4.74 Å². The average Bonchev–Trinajstić information content (AvgIpc) is 2.53. The highest BCUT2D eigenvalue weighted by Crippen LogP contribution is 2.29. The van der Waals surface area contributed by atoms with Gasteiger partial charge in [-0.3, -0.25) is 4.79 Å². The number of fused-ring (bicyclic) bond motifs is 1. The standard InChI is InChI=1S/C18H12ClFO2/c19-15-4-8-18-14(10-15)9-12(11-22-18)1-7-17(21)13-2-5-16(20)6-3-13/h1-10H,11H2. The number of ether oxygens (including phenoxy) is 1. The molecule has 0 saturated carbocycles. The van der Waals surface area contributed by atoms with Gasteiger partial charge in [-0.15, -0.1) is 0 Å². The molecule has 2 aromatic carbocycles. The molecule has 0 spiro atoms.